The number of nitrogens with one attached hydrogen (secondary N) is 1. The Bertz CT molecular complexity index is 828. The third-order valence-corrected chi connectivity index (χ3v) is 5.33. The number of rotatable bonds is 6. The highest BCUT2D eigenvalue weighted by Gasteiger charge is 2.20. The number of hydrogen-bond donors (Lipinski definition) is 1. The summed E-state index contributed by atoms with van der Waals surface area (Å²) in [6.07, 6.45) is 3.14. The van der Waals surface area contributed by atoms with E-state index in [1.165, 1.54) is 26.2 Å². The minimum absolute atomic E-state index is 0.140. The average Bonchev–Trinajstić information content (AvgIpc) is 2.59. The molecule has 0 radical (unpaired) electrons. The summed E-state index contributed by atoms with van der Waals surface area (Å²) < 4.78 is 25.8. The van der Waals surface area contributed by atoms with Gasteiger partial charge in [-0.2, -0.15) is 0 Å². The van der Waals surface area contributed by atoms with E-state index < -0.39 is 10.0 Å². The van der Waals surface area contributed by atoms with Gasteiger partial charge in [0.1, 0.15) is 0 Å². The molecule has 0 saturated heterocycles. The number of carbonyl (C=O) groups is 1. The fourth-order valence-corrected chi connectivity index (χ4v) is 3.19. The van der Waals surface area contributed by atoms with E-state index in [1.54, 1.807) is 24.3 Å². The van der Waals surface area contributed by atoms with Crippen molar-refractivity contribution >= 4 is 22.0 Å². The molecule has 0 atom stereocenters. The second-order valence-corrected chi connectivity index (χ2v) is 7.48. The standard InChI is InChI=1S/C18H20N2O3S/c1-20(2)24(22,23)17-11-7-6-10-16(17)14-19-18(21)13-12-15-8-4-3-5-9-15/h3-13H,14H2,1-2H3,(H,19,21)/b13-12+. The summed E-state index contributed by atoms with van der Waals surface area (Å²) in [5.74, 6) is -0.282. The zero-order valence-electron chi connectivity index (χ0n) is 13.6. The molecule has 2 aromatic carbocycles. The molecule has 1 N–H and O–H groups in total. The van der Waals surface area contributed by atoms with Crippen LogP contribution in [0.15, 0.2) is 65.6 Å². The molecule has 0 spiro atoms. The molecule has 0 bridgehead atoms. The molecule has 0 saturated carbocycles. The second-order valence-electron chi connectivity index (χ2n) is 5.36. The molecular weight excluding hydrogens is 324 g/mol. The lowest BCUT2D eigenvalue weighted by molar-refractivity contribution is -0.116. The lowest BCUT2D eigenvalue weighted by Gasteiger charge is -2.15. The average molecular weight is 344 g/mol. The van der Waals surface area contributed by atoms with Gasteiger partial charge in [-0.05, 0) is 23.3 Å². The number of carbonyl (C=O) groups excluding carboxylic acids is 1. The molecule has 0 aliphatic carbocycles. The van der Waals surface area contributed by atoms with Crippen LogP contribution in [0.25, 0.3) is 6.08 Å². The highest BCUT2D eigenvalue weighted by Crippen LogP contribution is 2.18. The maximum Gasteiger partial charge on any atom is 0.244 e. The van der Waals surface area contributed by atoms with Crippen molar-refractivity contribution in [2.75, 3.05) is 14.1 Å². The van der Waals surface area contributed by atoms with Gasteiger partial charge in [-0.25, -0.2) is 12.7 Å². The van der Waals surface area contributed by atoms with Crippen LogP contribution in [0.1, 0.15) is 11.1 Å². The van der Waals surface area contributed by atoms with Crippen molar-refractivity contribution in [3.8, 4) is 0 Å². The molecule has 6 heteroatoms. The van der Waals surface area contributed by atoms with Crippen LogP contribution >= 0.6 is 0 Å². The van der Waals surface area contributed by atoms with E-state index in [4.69, 9.17) is 0 Å². The fourth-order valence-electron chi connectivity index (χ4n) is 2.08. The van der Waals surface area contributed by atoms with Gasteiger partial charge in [0, 0.05) is 26.7 Å². The highest BCUT2D eigenvalue weighted by atomic mass is 32.2. The van der Waals surface area contributed by atoms with Gasteiger partial charge in [-0.15, -0.1) is 0 Å². The molecule has 1 amide bonds. The Kier molecular flexibility index (Phi) is 5.89. The Morgan fingerprint density at radius 3 is 2.33 bits per heavy atom. The van der Waals surface area contributed by atoms with Gasteiger partial charge >= 0.3 is 0 Å². The zero-order chi connectivity index (χ0) is 17.6. The maximum atomic E-state index is 12.3. The quantitative estimate of drug-likeness (QED) is 0.818. The lowest BCUT2D eigenvalue weighted by atomic mass is 10.2. The molecule has 5 nitrogen and oxygen atoms in total. The summed E-state index contributed by atoms with van der Waals surface area (Å²) in [5, 5.41) is 2.71. The summed E-state index contributed by atoms with van der Waals surface area (Å²) in [6, 6.07) is 16.1. The topological polar surface area (TPSA) is 66.5 Å². The first kappa shape index (κ1) is 17.9. The van der Waals surface area contributed by atoms with Crippen molar-refractivity contribution < 1.29 is 13.2 Å². The number of benzene rings is 2. The van der Waals surface area contributed by atoms with Crippen LogP contribution in [0.3, 0.4) is 0 Å². The van der Waals surface area contributed by atoms with Crippen molar-refractivity contribution in [1.82, 2.24) is 9.62 Å². The van der Waals surface area contributed by atoms with Gasteiger partial charge in [-0.3, -0.25) is 4.79 Å². The van der Waals surface area contributed by atoms with Gasteiger partial charge < -0.3 is 5.32 Å². The third-order valence-electron chi connectivity index (χ3n) is 3.41. The summed E-state index contributed by atoms with van der Waals surface area (Å²) >= 11 is 0. The van der Waals surface area contributed by atoms with Gasteiger partial charge in [-0.1, -0.05) is 48.5 Å². The number of sulfonamides is 1. The number of nitrogens with zero attached hydrogens (tertiary/aromatic N) is 1. The van der Waals surface area contributed by atoms with Crippen LogP contribution in [0.2, 0.25) is 0 Å². The van der Waals surface area contributed by atoms with Crippen molar-refractivity contribution in [1.29, 1.82) is 0 Å². The van der Waals surface area contributed by atoms with Crippen LogP contribution in [0, 0.1) is 0 Å². The van der Waals surface area contributed by atoms with Gasteiger partial charge in [0.2, 0.25) is 15.9 Å². The summed E-state index contributed by atoms with van der Waals surface area (Å²) in [6.45, 7) is 0.140. The van der Waals surface area contributed by atoms with E-state index >= 15 is 0 Å². The van der Waals surface area contributed by atoms with E-state index in [0.717, 1.165) is 9.87 Å². The van der Waals surface area contributed by atoms with Gasteiger partial charge in [0.05, 0.1) is 4.90 Å². The van der Waals surface area contributed by atoms with E-state index in [-0.39, 0.29) is 17.3 Å². The molecule has 24 heavy (non-hydrogen) atoms. The maximum absolute atomic E-state index is 12.3. The Morgan fingerprint density at radius 2 is 1.67 bits per heavy atom. The normalized spacial score (nSPS) is 11.8. The van der Waals surface area contributed by atoms with Gasteiger partial charge in [0.15, 0.2) is 0 Å². The van der Waals surface area contributed by atoms with E-state index in [9.17, 15) is 13.2 Å². The minimum Gasteiger partial charge on any atom is -0.348 e. The number of amides is 1. The van der Waals surface area contributed by atoms with Crippen molar-refractivity contribution in [3.05, 3.63) is 71.8 Å². The molecule has 0 unspecified atom stereocenters. The largest absolute Gasteiger partial charge is 0.348 e. The van der Waals surface area contributed by atoms with Crippen LogP contribution in [0.4, 0.5) is 0 Å². The lowest BCUT2D eigenvalue weighted by Crippen LogP contribution is -2.26. The molecular formula is C18H20N2O3S. The number of hydrogen-bond acceptors (Lipinski definition) is 3. The van der Waals surface area contributed by atoms with Crippen LogP contribution in [0.5, 0.6) is 0 Å². The third kappa shape index (κ3) is 4.53. The van der Waals surface area contributed by atoms with E-state index in [2.05, 4.69) is 5.32 Å². The molecule has 126 valence electrons. The zero-order valence-corrected chi connectivity index (χ0v) is 14.5. The van der Waals surface area contributed by atoms with Crippen molar-refractivity contribution in [2.24, 2.45) is 0 Å². The molecule has 0 aromatic heterocycles. The smallest absolute Gasteiger partial charge is 0.244 e. The summed E-state index contributed by atoms with van der Waals surface area (Å²) in [4.78, 5) is 12.1. The van der Waals surface area contributed by atoms with Crippen LogP contribution in [-0.2, 0) is 21.4 Å². The monoisotopic (exact) mass is 344 g/mol. The minimum atomic E-state index is -3.55. The van der Waals surface area contributed by atoms with E-state index in [1.807, 2.05) is 30.3 Å². The molecule has 0 heterocycles. The molecule has 0 fully saturated rings. The highest BCUT2D eigenvalue weighted by molar-refractivity contribution is 7.89. The summed E-state index contributed by atoms with van der Waals surface area (Å²) in [7, 11) is -0.588. The Hall–Kier alpha value is -2.44. The fraction of sp³-hybridized carbons (Fsp3) is 0.167. The molecule has 2 rings (SSSR count). The molecule has 2 aromatic rings. The van der Waals surface area contributed by atoms with Crippen LogP contribution < -0.4 is 5.32 Å². The van der Waals surface area contributed by atoms with E-state index in [0.29, 0.717) is 5.56 Å². The Balaban J connectivity index is 2.08. The molecule has 0 aliphatic rings. The van der Waals surface area contributed by atoms with Gasteiger partial charge in [0.25, 0.3) is 0 Å². The predicted molar refractivity (Wildman–Crippen MR) is 94.6 cm³/mol. The molecule has 0 aliphatic heterocycles. The van der Waals surface area contributed by atoms with Crippen LogP contribution in [-0.4, -0.2) is 32.7 Å². The first-order valence-corrected chi connectivity index (χ1v) is 8.86. The first-order chi connectivity index (χ1) is 11.4. The first-order valence-electron chi connectivity index (χ1n) is 7.42. The predicted octanol–water partition coefficient (Wildman–Crippen LogP) is 2.27. The Morgan fingerprint density at radius 1 is 1.04 bits per heavy atom. The Labute approximate surface area is 142 Å². The van der Waals surface area contributed by atoms with Crippen molar-refractivity contribution in [3.63, 3.8) is 0 Å². The SMILES string of the molecule is CN(C)S(=O)(=O)c1ccccc1CNC(=O)/C=C/c1ccccc1. The summed E-state index contributed by atoms with van der Waals surface area (Å²) in [5.41, 5.74) is 1.47. The van der Waals surface area contributed by atoms with Crippen molar-refractivity contribution in [2.45, 2.75) is 11.4 Å². The second kappa shape index (κ2) is 7.90.